The number of carbonyl (C=O) groups is 1. The Bertz CT molecular complexity index is 1190. The van der Waals surface area contributed by atoms with Crippen LogP contribution < -0.4 is 5.32 Å². The first-order chi connectivity index (χ1) is 14.4. The highest BCUT2D eigenvalue weighted by Gasteiger charge is 2.19. The SMILES string of the molecule is Cc1ccc(Cn2nc(C)c(NC(=O)c3cc(-c4ccc(Br)cc4)on3)c2C)cc1. The maximum absolute atomic E-state index is 12.7. The molecule has 152 valence electrons. The first kappa shape index (κ1) is 20.1. The fourth-order valence-electron chi connectivity index (χ4n) is 3.21. The number of rotatable bonds is 5. The Hall–Kier alpha value is -3.19. The van der Waals surface area contributed by atoms with E-state index in [4.69, 9.17) is 4.52 Å². The van der Waals surface area contributed by atoms with Gasteiger partial charge in [0.05, 0.1) is 23.6 Å². The lowest BCUT2D eigenvalue weighted by atomic mass is 10.1. The molecule has 6 nitrogen and oxygen atoms in total. The molecule has 0 atom stereocenters. The molecule has 7 heteroatoms. The van der Waals surface area contributed by atoms with Crippen LogP contribution in [-0.2, 0) is 6.54 Å². The average Bonchev–Trinajstić information content (AvgIpc) is 3.32. The molecule has 0 saturated carbocycles. The molecule has 4 aromatic rings. The van der Waals surface area contributed by atoms with Crippen LogP contribution in [0.15, 0.2) is 63.6 Å². The van der Waals surface area contributed by atoms with E-state index in [1.165, 1.54) is 5.56 Å². The van der Waals surface area contributed by atoms with Crippen molar-refractivity contribution in [3.63, 3.8) is 0 Å². The van der Waals surface area contributed by atoms with Crippen molar-refractivity contribution >= 4 is 27.5 Å². The standard InChI is InChI=1S/C23H21BrN4O2/c1-14-4-6-17(7-5-14)13-28-16(3)22(15(2)26-28)25-23(29)20-12-21(30-27-20)18-8-10-19(24)11-9-18/h4-12H,13H2,1-3H3,(H,25,29). The number of carbonyl (C=O) groups excluding carboxylic acids is 1. The molecular weight excluding hydrogens is 444 g/mol. The molecule has 0 spiro atoms. The topological polar surface area (TPSA) is 73.0 Å². The van der Waals surface area contributed by atoms with E-state index in [2.05, 4.69) is 62.7 Å². The van der Waals surface area contributed by atoms with E-state index in [9.17, 15) is 4.79 Å². The number of benzene rings is 2. The van der Waals surface area contributed by atoms with Crippen molar-refractivity contribution < 1.29 is 9.32 Å². The Kier molecular flexibility index (Phi) is 5.55. The van der Waals surface area contributed by atoms with Crippen LogP contribution >= 0.6 is 15.9 Å². The highest BCUT2D eigenvalue weighted by molar-refractivity contribution is 9.10. The molecule has 1 amide bonds. The number of hydrogen-bond donors (Lipinski definition) is 1. The van der Waals surface area contributed by atoms with Gasteiger partial charge >= 0.3 is 0 Å². The van der Waals surface area contributed by atoms with Crippen molar-refractivity contribution in [1.82, 2.24) is 14.9 Å². The highest BCUT2D eigenvalue weighted by Crippen LogP contribution is 2.24. The quantitative estimate of drug-likeness (QED) is 0.421. The van der Waals surface area contributed by atoms with Crippen molar-refractivity contribution in [2.45, 2.75) is 27.3 Å². The fourth-order valence-corrected chi connectivity index (χ4v) is 3.47. The normalized spacial score (nSPS) is 10.9. The van der Waals surface area contributed by atoms with Gasteiger partial charge < -0.3 is 9.84 Å². The largest absolute Gasteiger partial charge is 0.355 e. The molecule has 30 heavy (non-hydrogen) atoms. The number of amides is 1. The van der Waals surface area contributed by atoms with Crippen molar-refractivity contribution in [3.05, 3.63) is 87.3 Å². The maximum atomic E-state index is 12.7. The zero-order valence-electron chi connectivity index (χ0n) is 16.9. The lowest BCUT2D eigenvalue weighted by Gasteiger charge is -2.07. The minimum absolute atomic E-state index is 0.220. The van der Waals surface area contributed by atoms with Gasteiger partial charge in [0.2, 0.25) is 0 Å². The van der Waals surface area contributed by atoms with E-state index >= 15 is 0 Å². The number of nitrogens with zero attached hydrogens (tertiary/aromatic N) is 3. The summed E-state index contributed by atoms with van der Waals surface area (Å²) in [7, 11) is 0. The van der Waals surface area contributed by atoms with Crippen LogP contribution in [0.2, 0.25) is 0 Å². The molecule has 2 aromatic carbocycles. The molecule has 0 unspecified atom stereocenters. The predicted molar refractivity (Wildman–Crippen MR) is 120 cm³/mol. The van der Waals surface area contributed by atoms with Gasteiger partial charge in [-0.1, -0.05) is 63.0 Å². The monoisotopic (exact) mass is 464 g/mol. The lowest BCUT2D eigenvalue weighted by molar-refractivity contribution is 0.101. The number of aryl methyl sites for hydroxylation is 2. The van der Waals surface area contributed by atoms with Crippen LogP contribution in [0.4, 0.5) is 5.69 Å². The predicted octanol–water partition coefficient (Wildman–Crippen LogP) is 5.53. The van der Waals surface area contributed by atoms with Crippen molar-refractivity contribution in [2.24, 2.45) is 0 Å². The van der Waals surface area contributed by atoms with E-state index in [0.717, 1.165) is 27.0 Å². The minimum Gasteiger partial charge on any atom is -0.355 e. The van der Waals surface area contributed by atoms with Crippen LogP contribution in [0.3, 0.4) is 0 Å². The summed E-state index contributed by atoms with van der Waals surface area (Å²) in [6.07, 6.45) is 0. The first-order valence-corrected chi connectivity index (χ1v) is 10.3. The van der Waals surface area contributed by atoms with Crippen LogP contribution in [0.25, 0.3) is 11.3 Å². The van der Waals surface area contributed by atoms with E-state index in [-0.39, 0.29) is 11.6 Å². The van der Waals surface area contributed by atoms with Crippen molar-refractivity contribution in [1.29, 1.82) is 0 Å². The Morgan fingerprint density at radius 3 is 2.47 bits per heavy atom. The Balaban J connectivity index is 1.51. The van der Waals surface area contributed by atoms with Crippen LogP contribution in [-0.4, -0.2) is 20.8 Å². The number of anilines is 1. The van der Waals surface area contributed by atoms with Gasteiger partial charge in [-0.25, -0.2) is 0 Å². The minimum atomic E-state index is -0.330. The zero-order chi connectivity index (χ0) is 21.3. The molecule has 0 aliphatic rings. The second-order valence-electron chi connectivity index (χ2n) is 7.23. The van der Waals surface area contributed by atoms with Gasteiger partial charge in [-0.3, -0.25) is 9.48 Å². The van der Waals surface area contributed by atoms with Crippen LogP contribution in [0.5, 0.6) is 0 Å². The first-order valence-electron chi connectivity index (χ1n) is 9.54. The van der Waals surface area contributed by atoms with Crippen LogP contribution in [0, 0.1) is 20.8 Å². The number of hydrogen-bond acceptors (Lipinski definition) is 4. The molecule has 1 N–H and O–H groups in total. The van der Waals surface area contributed by atoms with Gasteiger partial charge in [-0.15, -0.1) is 0 Å². The van der Waals surface area contributed by atoms with Gasteiger partial charge in [0.25, 0.3) is 5.91 Å². The fraction of sp³-hybridized carbons (Fsp3) is 0.174. The molecule has 0 fully saturated rings. The molecule has 0 radical (unpaired) electrons. The summed E-state index contributed by atoms with van der Waals surface area (Å²) in [6, 6.07) is 17.6. The third kappa shape index (κ3) is 4.21. The molecule has 4 rings (SSSR count). The Labute approximate surface area is 183 Å². The summed E-state index contributed by atoms with van der Waals surface area (Å²) in [4.78, 5) is 12.7. The third-order valence-electron chi connectivity index (χ3n) is 4.94. The molecule has 0 aliphatic carbocycles. The summed E-state index contributed by atoms with van der Waals surface area (Å²) in [5.74, 6) is 0.208. The molecule has 0 saturated heterocycles. The van der Waals surface area contributed by atoms with Crippen LogP contribution in [0.1, 0.15) is 33.0 Å². The summed E-state index contributed by atoms with van der Waals surface area (Å²) >= 11 is 3.40. The Morgan fingerprint density at radius 1 is 1.07 bits per heavy atom. The van der Waals surface area contributed by atoms with Gasteiger partial charge in [0, 0.05) is 16.1 Å². The number of nitrogens with one attached hydrogen (secondary N) is 1. The molecule has 2 aromatic heterocycles. The summed E-state index contributed by atoms with van der Waals surface area (Å²) in [5.41, 5.74) is 5.78. The summed E-state index contributed by atoms with van der Waals surface area (Å²) in [6.45, 7) is 6.53. The van der Waals surface area contributed by atoms with Gasteiger partial charge in [0.15, 0.2) is 11.5 Å². The number of aromatic nitrogens is 3. The zero-order valence-corrected chi connectivity index (χ0v) is 18.5. The smallest absolute Gasteiger partial charge is 0.277 e. The lowest BCUT2D eigenvalue weighted by Crippen LogP contribution is -2.13. The average molecular weight is 465 g/mol. The molecule has 2 heterocycles. The van der Waals surface area contributed by atoms with E-state index in [1.807, 2.05) is 42.8 Å². The maximum Gasteiger partial charge on any atom is 0.277 e. The van der Waals surface area contributed by atoms with Gasteiger partial charge in [0.1, 0.15) is 0 Å². The van der Waals surface area contributed by atoms with Gasteiger partial charge in [-0.05, 0) is 38.5 Å². The van der Waals surface area contributed by atoms with E-state index in [1.54, 1.807) is 6.07 Å². The van der Waals surface area contributed by atoms with Crippen molar-refractivity contribution in [3.8, 4) is 11.3 Å². The van der Waals surface area contributed by atoms with E-state index < -0.39 is 0 Å². The second kappa shape index (κ2) is 8.28. The summed E-state index contributed by atoms with van der Waals surface area (Å²) in [5, 5.41) is 11.4. The number of halogens is 1. The molecular formula is C23H21BrN4O2. The van der Waals surface area contributed by atoms with Gasteiger partial charge in [-0.2, -0.15) is 5.10 Å². The van der Waals surface area contributed by atoms with Crippen molar-refractivity contribution in [2.75, 3.05) is 5.32 Å². The molecule has 0 aliphatic heterocycles. The highest BCUT2D eigenvalue weighted by atomic mass is 79.9. The molecule has 0 bridgehead atoms. The van der Waals surface area contributed by atoms with E-state index in [0.29, 0.717) is 18.0 Å². The Morgan fingerprint density at radius 2 is 1.77 bits per heavy atom. The third-order valence-corrected chi connectivity index (χ3v) is 5.47. The second-order valence-corrected chi connectivity index (χ2v) is 8.14. The summed E-state index contributed by atoms with van der Waals surface area (Å²) < 4.78 is 8.22.